The van der Waals surface area contributed by atoms with Crippen LogP contribution in [0.25, 0.3) is 0 Å². The van der Waals surface area contributed by atoms with E-state index < -0.39 is 10.0 Å². The van der Waals surface area contributed by atoms with Gasteiger partial charge in [0.05, 0.1) is 15.5 Å². The Bertz CT molecular complexity index is 727. The normalized spacial score (nSPS) is 20.4. The molecule has 1 aliphatic heterocycles. The first kappa shape index (κ1) is 19.0. The van der Waals surface area contributed by atoms with Crippen molar-refractivity contribution in [2.45, 2.75) is 43.0 Å². The fourth-order valence-electron chi connectivity index (χ4n) is 3.28. The zero-order valence-electron chi connectivity index (χ0n) is 14.0. The molecule has 1 N–H and O–H groups in total. The summed E-state index contributed by atoms with van der Waals surface area (Å²) in [7, 11) is -3.59. The van der Waals surface area contributed by atoms with Crippen molar-refractivity contribution in [3.8, 4) is 0 Å². The first-order valence-corrected chi connectivity index (χ1v) is 11.6. The molecule has 0 radical (unpaired) electrons. The van der Waals surface area contributed by atoms with Crippen LogP contribution >= 0.6 is 23.4 Å². The van der Waals surface area contributed by atoms with Gasteiger partial charge in [-0.1, -0.05) is 30.9 Å². The molecule has 2 fully saturated rings. The average molecular weight is 403 g/mol. The second-order valence-electron chi connectivity index (χ2n) is 6.47. The van der Waals surface area contributed by atoms with Crippen molar-refractivity contribution in [1.82, 2.24) is 9.62 Å². The largest absolute Gasteiger partial charge is 0.349 e. The van der Waals surface area contributed by atoms with E-state index in [0.29, 0.717) is 13.1 Å². The van der Waals surface area contributed by atoms with Crippen LogP contribution in [0.5, 0.6) is 0 Å². The molecule has 0 aromatic heterocycles. The van der Waals surface area contributed by atoms with Gasteiger partial charge in [0.15, 0.2) is 0 Å². The summed E-state index contributed by atoms with van der Waals surface area (Å²) in [6.45, 7) is 0.998. The van der Waals surface area contributed by atoms with Crippen molar-refractivity contribution >= 4 is 39.3 Å². The maximum Gasteiger partial charge on any atom is 0.253 e. The molecule has 0 unspecified atom stereocenters. The van der Waals surface area contributed by atoms with E-state index in [1.165, 1.54) is 28.9 Å². The number of carbonyl (C=O) groups excluding carboxylic acids is 1. The van der Waals surface area contributed by atoms with Crippen molar-refractivity contribution in [3.63, 3.8) is 0 Å². The predicted molar refractivity (Wildman–Crippen MR) is 102 cm³/mol. The Morgan fingerprint density at radius 3 is 2.52 bits per heavy atom. The summed E-state index contributed by atoms with van der Waals surface area (Å²) >= 11 is 7.92. The van der Waals surface area contributed by atoms with Crippen molar-refractivity contribution < 1.29 is 13.2 Å². The number of nitrogens with one attached hydrogen (secondary N) is 1. The van der Waals surface area contributed by atoms with Crippen LogP contribution in [0.1, 0.15) is 42.5 Å². The Balaban J connectivity index is 1.80. The van der Waals surface area contributed by atoms with Gasteiger partial charge in [0.1, 0.15) is 0 Å². The monoisotopic (exact) mass is 402 g/mol. The van der Waals surface area contributed by atoms with Crippen LogP contribution in [0.4, 0.5) is 0 Å². The summed E-state index contributed by atoms with van der Waals surface area (Å²) in [4.78, 5) is 12.7. The third-order valence-electron chi connectivity index (χ3n) is 4.73. The molecule has 0 atom stereocenters. The number of thioether (sulfide) groups is 1. The van der Waals surface area contributed by atoms with Crippen LogP contribution in [0.2, 0.25) is 5.02 Å². The van der Waals surface area contributed by atoms with Crippen LogP contribution in [0.3, 0.4) is 0 Å². The lowest BCUT2D eigenvalue weighted by Crippen LogP contribution is -2.38. The topological polar surface area (TPSA) is 66.5 Å². The molecular formula is C17H23ClN2O3S2. The summed E-state index contributed by atoms with van der Waals surface area (Å²) in [6.07, 6.45) is 5.36. The Kier molecular flexibility index (Phi) is 6.30. The van der Waals surface area contributed by atoms with Gasteiger partial charge in [0, 0.05) is 30.6 Å². The van der Waals surface area contributed by atoms with Crippen LogP contribution in [0.15, 0.2) is 23.1 Å². The minimum absolute atomic E-state index is 0.137. The van der Waals surface area contributed by atoms with Crippen molar-refractivity contribution in [2.24, 2.45) is 0 Å². The van der Waals surface area contributed by atoms with E-state index in [-0.39, 0.29) is 27.4 Å². The summed E-state index contributed by atoms with van der Waals surface area (Å²) in [5.74, 6) is 1.30. The van der Waals surface area contributed by atoms with Crippen LogP contribution < -0.4 is 5.32 Å². The molecule has 5 nitrogen and oxygen atoms in total. The van der Waals surface area contributed by atoms with Gasteiger partial charge in [-0.05, 0) is 31.0 Å². The van der Waals surface area contributed by atoms with E-state index in [4.69, 9.17) is 11.6 Å². The molecule has 0 spiro atoms. The maximum absolute atomic E-state index is 12.8. The Morgan fingerprint density at radius 2 is 1.84 bits per heavy atom. The molecule has 1 heterocycles. The highest BCUT2D eigenvalue weighted by molar-refractivity contribution is 7.99. The molecule has 1 aliphatic carbocycles. The molecule has 25 heavy (non-hydrogen) atoms. The van der Waals surface area contributed by atoms with E-state index >= 15 is 0 Å². The number of nitrogens with zero attached hydrogens (tertiary/aromatic N) is 1. The molecule has 1 aromatic rings. The smallest absolute Gasteiger partial charge is 0.253 e. The molecule has 8 heteroatoms. The number of rotatable bonds is 4. The number of carbonyl (C=O) groups is 1. The summed E-state index contributed by atoms with van der Waals surface area (Å²) in [6, 6.07) is 4.55. The minimum Gasteiger partial charge on any atom is -0.349 e. The van der Waals surface area contributed by atoms with E-state index in [0.717, 1.165) is 37.2 Å². The quantitative estimate of drug-likeness (QED) is 0.840. The van der Waals surface area contributed by atoms with E-state index in [9.17, 15) is 13.2 Å². The number of hydrogen-bond acceptors (Lipinski definition) is 4. The Morgan fingerprint density at radius 1 is 1.16 bits per heavy atom. The van der Waals surface area contributed by atoms with E-state index in [1.54, 1.807) is 11.8 Å². The highest BCUT2D eigenvalue weighted by Gasteiger charge is 2.28. The van der Waals surface area contributed by atoms with Crippen LogP contribution in [0, 0.1) is 0 Å². The zero-order valence-corrected chi connectivity index (χ0v) is 16.4. The molecule has 2 aliphatic rings. The van der Waals surface area contributed by atoms with Crippen LogP contribution in [-0.4, -0.2) is 49.3 Å². The average Bonchev–Trinajstić information content (AvgIpc) is 2.63. The van der Waals surface area contributed by atoms with Gasteiger partial charge in [0.2, 0.25) is 10.0 Å². The first-order chi connectivity index (χ1) is 12.0. The SMILES string of the molecule is O=C(NC1CCCCC1)c1cc(S(=O)(=O)N2CCSCC2)ccc1Cl. The summed E-state index contributed by atoms with van der Waals surface area (Å²) in [5, 5.41) is 3.28. The fraction of sp³-hybridized carbons (Fsp3) is 0.588. The third-order valence-corrected chi connectivity index (χ3v) is 7.90. The van der Waals surface area contributed by atoms with Gasteiger partial charge < -0.3 is 5.32 Å². The number of halogens is 1. The van der Waals surface area contributed by atoms with Gasteiger partial charge >= 0.3 is 0 Å². The zero-order chi connectivity index (χ0) is 17.9. The molecule has 1 saturated heterocycles. The highest BCUT2D eigenvalue weighted by atomic mass is 35.5. The lowest BCUT2D eigenvalue weighted by atomic mass is 9.95. The molecule has 1 amide bonds. The lowest BCUT2D eigenvalue weighted by molar-refractivity contribution is 0.0927. The van der Waals surface area contributed by atoms with Crippen molar-refractivity contribution in [1.29, 1.82) is 0 Å². The van der Waals surface area contributed by atoms with Gasteiger partial charge in [-0.3, -0.25) is 4.79 Å². The second kappa shape index (κ2) is 8.29. The molecule has 138 valence electrons. The number of hydrogen-bond donors (Lipinski definition) is 1. The molecule has 1 aromatic carbocycles. The maximum atomic E-state index is 12.8. The van der Waals surface area contributed by atoms with Gasteiger partial charge in [-0.25, -0.2) is 8.42 Å². The van der Waals surface area contributed by atoms with Gasteiger partial charge in [0.25, 0.3) is 5.91 Å². The Hall–Kier alpha value is -0.760. The standard InChI is InChI=1S/C17H23ClN2O3S2/c18-16-7-6-14(25(22,23)20-8-10-24-11-9-20)12-15(16)17(21)19-13-4-2-1-3-5-13/h6-7,12-13H,1-5,8-11H2,(H,19,21). The third kappa shape index (κ3) is 4.51. The summed E-state index contributed by atoms with van der Waals surface area (Å²) < 4.78 is 27.1. The van der Waals surface area contributed by atoms with Gasteiger partial charge in [-0.2, -0.15) is 16.1 Å². The molecule has 3 rings (SSSR count). The predicted octanol–water partition coefficient (Wildman–Crippen LogP) is 3.14. The molecule has 1 saturated carbocycles. The Labute approximate surface area is 158 Å². The number of sulfonamides is 1. The first-order valence-electron chi connectivity index (χ1n) is 8.67. The van der Waals surface area contributed by atoms with Crippen molar-refractivity contribution in [2.75, 3.05) is 24.6 Å². The minimum atomic E-state index is -3.59. The summed E-state index contributed by atoms with van der Waals surface area (Å²) in [5.41, 5.74) is 0.236. The fourth-order valence-corrected chi connectivity index (χ4v) is 6.09. The molecule has 0 bridgehead atoms. The van der Waals surface area contributed by atoms with Crippen molar-refractivity contribution in [3.05, 3.63) is 28.8 Å². The van der Waals surface area contributed by atoms with E-state index in [2.05, 4.69) is 5.32 Å². The number of benzene rings is 1. The highest BCUT2D eigenvalue weighted by Crippen LogP contribution is 2.25. The van der Waals surface area contributed by atoms with E-state index in [1.807, 2.05) is 0 Å². The molecular weight excluding hydrogens is 380 g/mol. The second-order valence-corrected chi connectivity index (χ2v) is 10.0. The van der Waals surface area contributed by atoms with Gasteiger partial charge in [-0.15, -0.1) is 0 Å². The number of amides is 1. The van der Waals surface area contributed by atoms with Crippen LogP contribution in [-0.2, 0) is 10.0 Å². The lowest BCUT2D eigenvalue weighted by Gasteiger charge is -2.26.